The Balaban J connectivity index is 1.44. The Bertz CT molecular complexity index is 729. The zero-order valence-electron chi connectivity index (χ0n) is 17.9. The predicted molar refractivity (Wildman–Crippen MR) is 116 cm³/mol. The Labute approximate surface area is 173 Å². The van der Waals surface area contributed by atoms with Crippen molar-refractivity contribution in [1.29, 1.82) is 0 Å². The highest BCUT2D eigenvalue weighted by Crippen LogP contribution is 2.29. The molecule has 1 amide bonds. The van der Waals surface area contributed by atoms with Crippen molar-refractivity contribution < 1.29 is 14.3 Å². The van der Waals surface area contributed by atoms with Gasteiger partial charge in [-0.15, -0.1) is 0 Å². The summed E-state index contributed by atoms with van der Waals surface area (Å²) in [4.78, 5) is 24.3. The molecule has 0 atom stereocenters. The number of rotatable bonds is 6. The number of carbonyl (C=O) groups is 2. The molecule has 2 aliphatic rings. The fourth-order valence-corrected chi connectivity index (χ4v) is 4.17. The van der Waals surface area contributed by atoms with Crippen molar-refractivity contribution >= 4 is 23.3 Å². The van der Waals surface area contributed by atoms with Crippen LogP contribution in [0, 0.1) is 5.92 Å². The molecule has 160 valence electrons. The van der Waals surface area contributed by atoms with Crippen molar-refractivity contribution in [2.45, 2.75) is 89.8 Å². The third-order valence-electron chi connectivity index (χ3n) is 5.77. The third-order valence-corrected chi connectivity index (χ3v) is 5.77. The number of nitrogen functional groups attached to an aromatic ring is 1. The van der Waals surface area contributed by atoms with Gasteiger partial charge >= 0.3 is 6.09 Å². The molecule has 0 radical (unpaired) electrons. The number of benzene rings is 1. The van der Waals surface area contributed by atoms with Crippen LogP contribution in [0.5, 0.6) is 0 Å². The van der Waals surface area contributed by atoms with E-state index >= 15 is 0 Å². The van der Waals surface area contributed by atoms with Gasteiger partial charge in [0.15, 0.2) is 0 Å². The van der Waals surface area contributed by atoms with E-state index in [1.807, 2.05) is 39.0 Å². The fraction of sp³-hybridized carbons (Fsp3) is 0.652. The number of alkyl carbamates (subject to hydrolysis) is 1. The van der Waals surface area contributed by atoms with Crippen LogP contribution in [-0.2, 0) is 16.0 Å². The second kappa shape index (κ2) is 9.06. The normalized spacial score (nSPS) is 22.4. The van der Waals surface area contributed by atoms with Crippen LogP contribution >= 0.6 is 0 Å². The molecule has 4 N–H and O–H groups in total. The highest BCUT2D eigenvalue weighted by Gasteiger charge is 2.32. The number of carbonyl (C=O) groups excluding carboxylic acids is 2. The Kier molecular flexibility index (Phi) is 6.70. The van der Waals surface area contributed by atoms with E-state index in [4.69, 9.17) is 10.5 Å². The number of ketones is 1. The Morgan fingerprint density at radius 3 is 2.41 bits per heavy atom. The number of amides is 1. The van der Waals surface area contributed by atoms with Crippen molar-refractivity contribution in [3.05, 3.63) is 23.8 Å². The molecule has 0 aromatic heterocycles. The highest BCUT2D eigenvalue weighted by molar-refractivity contribution is 5.84. The van der Waals surface area contributed by atoms with E-state index in [9.17, 15) is 9.59 Å². The number of anilines is 2. The molecule has 6 nitrogen and oxygen atoms in total. The second-order valence-corrected chi connectivity index (χ2v) is 9.56. The summed E-state index contributed by atoms with van der Waals surface area (Å²) in [6.45, 7) is 5.56. The van der Waals surface area contributed by atoms with Gasteiger partial charge in [-0.1, -0.05) is 25.3 Å². The van der Waals surface area contributed by atoms with Gasteiger partial charge in [0.25, 0.3) is 0 Å². The monoisotopic (exact) mass is 401 g/mol. The number of nitrogens with one attached hydrogen (secondary N) is 2. The smallest absolute Gasteiger partial charge is 0.407 e. The van der Waals surface area contributed by atoms with E-state index in [2.05, 4.69) is 10.6 Å². The number of hydrogen-bond acceptors (Lipinski definition) is 5. The van der Waals surface area contributed by atoms with E-state index in [1.54, 1.807) is 0 Å². The summed E-state index contributed by atoms with van der Waals surface area (Å²) < 4.78 is 5.29. The largest absolute Gasteiger partial charge is 0.444 e. The molecule has 2 aliphatic carbocycles. The van der Waals surface area contributed by atoms with Gasteiger partial charge in [-0.25, -0.2) is 4.79 Å². The van der Waals surface area contributed by atoms with E-state index < -0.39 is 5.60 Å². The van der Waals surface area contributed by atoms with Crippen LogP contribution in [0.2, 0.25) is 0 Å². The first-order valence-electron chi connectivity index (χ1n) is 10.9. The summed E-state index contributed by atoms with van der Waals surface area (Å²) in [6.07, 6.45) is 7.45. The van der Waals surface area contributed by atoms with Crippen LogP contribution < -0.4 is 16.4 Å². The molecule has 0 saturated heterocycles. The van der Waals surface area contributed by atoms with Crippen molar-refractivity contribution in [1.82, 2.24) is 5.32 Å². The first kappa shape index (κ1) is 21.5. The molecular formula is C23H35N3O3. The van der Waals surface area contributed by atoms with Gasteiger partial charge in [-0.05, 0) is 64.2 Å². The lowest BCUT2D eigenvalue weighted by molar-refractivity contribution is -0.123. The predicted octanol–water partition coefficient (Wildman–Crippen LogP) is 4.43. The first-order valence-corrected chi connectivity index (χ1v) is 10.9. The van der Waals surface area contributed by atoms with Gasteiger partial charge < -0.3 is 21.1 Å². The number of Topliss-reactive ketones (excluding diaryl/α,β-unsaturated/α-hetero) is 1. The highest BCUT2D eigenvalue weighted by atomic mass is 16.6. The summed E-state index contributed by atoms with van der Waals surface area (Å²) in [6, 6.07) is 6.27. The van der Waals surface area contributed by atoms with Gasteiger partial charge in [-0.2, -0.15) is 0 Å². The molecule has 6 heteroatoms. The lowest BCUT2D eigenvalue weighted by atomic mass is 9.84. The van der Waals surface area contributed by atoms with E-state index in [0.717, 1.165) is 36.9 Å². The van der Waals surface area contributed by atoms with E-state index in [0.29, 0.717) is 17.9 Å². The van der Waals surface area contributed by atoms with Crippen molar-refractivity contribution in [3.8, 4) is 0 Å². The van der Waals surface area contributed by atoms with Crippen LogP contribution in [0.1, 0.15) is 71.3 Å². The maximum absolute atomic E-state index is 12.5. The molecule has 0 spiro atoms. The molecule has 0 heterocycles. The molecule has 1 aromatic carbocycles. The minimum Gasteiger partial charge on any atom is -0.444 e. The molecule has 3 rings (SSSR count). The van der Waals surface area contributed by atoms with Crippen LogP contribution in [0.4, 0.5) is 16.2 Å². The zero-order chi connectivity index (χ0) is 21.0. The van der Waals surface area contributed by atoms with Gasteiger partial charge in [0, 0.05) is 24.4 Å². The number of nitrogens with two attached hydrogens (primary N) is 1. The molecule has 0 bridgehead atoms. The molecule has 1 aromatic rings. The minimum absolute atomic E-state index is 0.121. The summed E-state index contributed by atoms with van der Waals surface area (Å²) >= 11 is 0. The summed E-state index contributed by atoms with van der Waals surface area (Å²) in [5.74, 6) is 0.576. The molecule has 2 fully saturated rings. The van der Waals surface area contributed by atoms with Crippen LogP contribution in [0.25, 0.3) is 0 Å². The molecule has 0 unspecified atom stereocenters. The van der Waals surface area contributed by atoms with Crippen LogP contribution in [0.3, 0.4) is 0 Å². The summed E-state index contributed by atoms with van der Waals surface area (Å²) in [7, 11) is 0. The van der Waals surface area contributed by atoms with Gasteiger partial charge in [0.05, 0.1) is 11.4 Å². The van der Waals surface area contributed by atoms with Gasteiger partial charge in [-0.3, -0.25) is 4.79 Å². The van der Waals surface area contributed by atoms with Crippen LogP contribution in [-0.4, -0.2) is 29.6 Å². The zero-order valence-corrected chi connectivity index (χ0v) is 17.9. The fourth-order valence-electron chi connectivity index (χ4n) is 4.17. The average molecular weight is 402 g/mol. The summed E-state index contributed by atoms with van der Waals surface area (Å²) in [5.41, 5.74) is 8.28. The Morgan fingerprint density at radius 1 is 1.10 bits per heavy atom. The lowest BCUT2D eigenvalue weighted by Gasteiger charge is -2.37. The van der Waals surface area contributed by atoms with Gasteiger partial charge in [0.2, 0.25) is 0 Å². The van der Waals surface area contributed by atoms with Crippen molar-refractivity contribution in [2.75, 3.05) is 11.1 Å². The number of hydrogen-bond donors (Lipinski definition) is 3. The standard InChI is InChI=1S/C23H35N3O3/c1-23(2,3)29-22(28)26-18-13-17(14-18)25-20-10-9-15(11-19(20)24)12-21(27)16-7-5-4-6-8-16/h9-11,16-18,25H,4-8,12-14,24H2,1-3H3,(H,26,28). The maximum atomic E-state index is 12.5. The molecule has 2 saturated carbocycles. The first-order chi connectivity index (χ1) is 13.7. The van der Waals surface area contributed by atoms with Crippen LogP contribution in [0.15, 0.2) is 18.2 Å². The van der Waals surface area contributed by atoms with Crippen molar-refractivity contribution in [2.24, 2.45) is 5.92 Å². The Hall–Kier alpha value is -2.24. The number of ether oxygens (including phenoxy) is 1. The second-order valence-electron chi connectivity index (χ2n) is 9.56. The maximum Gasteiger partial charge on any atom is 0.407 e. The topological polar surface area (TPSA) is 93.5 Å². The lowest BCUT2D eigenvalue weighted by Crippen LogP contribution is -2.50. The molecular weight excluding hydrogens is 366 g/mol. The average Bonchev–Trinajstić information content (AvgIpc) is 2.61. The SMILES string of the molecule is CC(C)(C)OC(=O)NC1CC(Nc2ccc(CC(=O)C3CCCCC3)cc2N)C1. The van der Waals surface area contributed by atoms with E-state index in [1.165, 1.54) is 19.3 Å². The molecule has 29 heavy (non-hydrogen) atoms. The molecule has 0 aliphatic heterocycles. The Morgan fingerprint density at radius 2 is 1.79 bits per heavy atom. The van der Waals surface area contributed by atoms with E-state index in [-0.39, 0.29) is 24.1 Å². The third kappa shape index (κ3) is 6.38. The summed E-state index contributed by atoms with van der Waals surface area (Å²) in [5, 5.41) is 6.34. The van der Waals surface area contributed by atoms with Crippen molar-refractivity contribution in [3.63, 3.8) is 0 Å². The minimum atomic E-state index is -0.486. The quantitative estimate of drug-likeness (QED) is 0.613. The van der Waals surface area contributed by atoms with Gasteiger partial charge in [0.1, 0.15) is 11.4 Å².